The average Bonchev–Trinajstić information content (AvgIpc) is 1.38. The number of ether oxygens (including phenoxy) is 4. The number of carbonyl (C=O) groups is 4. The van der Waals surface area contributed by atoms with Crippen molar-refractivity contribution in [2.45, 2.75) is 116 Å². The van der Waals surface area contributed by atoms with Gasteiger partial charge < -0.3 is 18.9 Å². The van der Waals surface area contributed by atoms with E-state index in [0.717, 1.165) is 65.3 Å². The normalized spacial score (nSPS) is 20.8. The number of rotatable bonds is 4. The maximum absolute atomic E-state index is 17.8. The Balaban J connectivity index is 1.04. The van der Waals surface area contributed by atoms with Gasteiger partial charge in [-0.3, -0.25) is 0 Å². The molecule has 0 saturated heterocycles. The molecule has 5 aliphatic carbocycles. The predicted molar refractivity (Wildman–Crippen MR) is 371 cm³/mol. The van der Waals surface area contributed by atoms with Crippen LogP contribution >= 0.6 is 0 Å². The number of carbonyl (C=O) groups excluding carboxylic acids is 4. The molecule has 0 heterocycles. The summed E-state index contributed by atoms with van der Waals surface area (Å²) >= 11 is 0. The Labute approximate surface area is 510 Å². The first-order valence-corrected chi connectivity index (χ1v) is 33.2. The van der Waals surface area contributed by atoms with Crippen molar-refractivity contribution in [3.63, 3.8) is 0 Å². The lowest BCUT2D eigenvalue weighted by Gasteiger charge is -2.57. The maximum Gasteiger partial charge on any atom is 0.340 e. The molecule has 0 amide bonds. The molecule has 0 aromatic heterocycles. The summed E-state index contributed by atoms with van der Waals surface area (Å²) < 4.78 is 27.9. The van der Waals surface area contributed by atoms with Crippen LogP contribution < -0.4 is 0 Å². The largest absolute Gasteiger partial charge is 0.457 e. The van der Waals surface area contributed by atoms with Gasteiger partial charge >= 0.3 is 23.9 Å². The van der Waals surface area contributed by atoms with Crippen LogP contribution in [0, 0.1) is 0 Å². The third kappa shape index (κ3) is 2.77. The van der Waals surface area contributed by atoms with E-state index in [-0.39, 0.29) is 22.3 Å². The van der Waals surface area contributed by atoms with E-state index in [1.807, 2.05) is 83.1 Å². The topological polar surface area (TPSA) is 105 Å². The van der Waals surface area contributed by atoms with Crippen molar-refractivity contribution in [3.05, 3.63) is 44.5 Å². The van der Waals surface area contributed by atoms with Gasteiger partial charge in [0.15, 0.2) is 0 Å². The minimum absolute atomic E-state index is 0.0462. The summed E-state index contributed by atoms with van der Waals surface area (Å²) in [5.74, 6) is -3.24. The van der Waals surface area contributed by atoms with Gasteiger partial charge in [0.1, 0.15) is 22.4 Å². The fraction of sp³-hybridized carbons (Fsp3) is 0.214. The van der Waals surface area contributed by atoms with Crippen LogP contribution in [0.5, 0.6) is 0 Å². The zero-order chi connectivity index (χ0) is 59.9. The van der Waals surface area contributed by atoms with Crippen LogP contribution in [0.4, 0.5) is 0 Å². The van der Waals surface area contributed by atoms with Gasteiger partial charge in [-0.05, 0) is 396 Å². The van der Waals surface area contributed by atoms with Gasteiger partial charge in [0.25, 0.3) is 0 Å². The van der Waals surface area contributed by atoms with E-state index >= 15 is 19.2 Å². The van der Waals surface area contributed by atoms with Gasteiger partial charge in [0.05, 0.1) is 33.1 Å². The first kappa shape index (κ1) is 42.0. The molecule has 0 N–H and O–H groups in total. The molecule has 0 fully saturated rings. The summed E-state index contributed by atoms with van der Waals surface area (Å²) in [4.78, 5) is 69.7. The van der Waals surface area contributed by atoms with E-state index in [0.29, 0.717) is 0 Å². The molecule has 8 nitrogen and oxygen atoms in total. The molecule has 0 saturated carbocycles. The van der Waals surface area contributed by atoms with Crippen LogP contribution in [0.2, 0.25) is 0 Å². The molecule has 8 heteroatoms. The minimum Gasteiger partial charge on any atom is -0.457 e. The molecule has 5 aliphatic rings. The average molecular weight is 1170 g/mol. The Morgan fingerprint density at radius 3 is 0.413 bits per heavy atom. The Bertz CT molecular complexity index is 7700. The summed E-state index contributed by atoms with van der Waals surface area (Å²) in [5, 5.41) is 71.6. The van der Waals surface area contributed by atoms with Crippen molar-refractivity contribution in [2.75, 3.05) is 0 Å². The van der Waals surface area contributed by atoms with E-state index in [9.17, 15) is 0 Å². The van der Waals surface area contributed by atoms with Crippen LogP contribution in [0.1, 0.15) is 105 Å². The molecule has 28 aromatic rings. The van der Waals surface area contributed by atoms with Crippen LogP contribution in [-0.4, -0.2) is 46.3 Å². The smallest absolute Gasteiger partial charge is 0.340 e. The van der Waals surface area contributed by atoms with E-state index in [1.165, 1.54) is 248 Å². The van der Waals surface area contributed by atoms with Gasteiger partial charge in [0, 0.05) is 0 Å². The highest BCUT2D eigenvalue weighted by molar-refractivity contribution is 6.82. The van der Waals surface area contributed by atoms with Crippen molar-refractivity contribution in [3.8, 4) is 0 Å². The molecular weight excluding hydrogens is 1140 g/mol. The van der Waals surface area contributed by atoms with Crippen molar-refractivity contribution in [1.29, 1.82) is 0 Å². The molecule has 0 radical (unpaired) electrons. The molecule has 2 spiro atoms. The molecule has 33 rings (SSSR count). The highest BCUT2D eigenvalue weighted by Crippen LogP contribution is 2.87. The van der Waals surface area contributed by atoms with Crippen LogP contribution in [0.25, 0.3) is 291 Å². The lowest BCUT2D eigenvalue weighted by molar-refractivity contribution is -0.157. The molecule has 28 aromatic carbocycles. The van der Waals surface area contributed by atoms with Gasteiger partial charge in [-0.2, -0.15) is 0 Å². The second-order valence-corrected chi connectivity index (χ2v) is 34.8. The molecule has 0 unspecified atom stereocenters. The molecule has 92 heavy (non-hydrogen) atoms. The fourth-order valence-electron chi connectivity index (χ4n) is 27.0. The minimum atomic E-state index is -1.77. The molecule has 420 valence electrons. The summed E-state index contributed by atoms with van der Waals surface area (Å²) in [6, 6.07) is 0. The Hall–Kier alpha value is -10.2. The Morgan fingerprint density at radius 1 is 0.185 bits per heavy atom. The SMILES string of the molecule is CC(C)(C)OC(=O)C1=C(C(=O)OC(C)(C)C)C23c4c5c6c7c8c9c(c%10c%11c2c2c4c4c%12c5c5c6c6c8c8c%13c9c9c%10c%10c%11c%11c2c2c4c4c%12c%12c5c5c6c8c6c8c%13c9c9c%10c%10c%11c2c2c4c4c%12c5c6c5c8c9c%10c2c45)C73C(C(=O)OC(C)(C)C)=C1C(=O)OC(C)(C)C. The van der Waals surface area contributed by atoms with Gasteiger partial charge in [0.2, 0.25) is 0 Å². The summed E-state index contributed by atoms with van der Waals surface area (Å²) in [6.07, 6.45) is 0. The Kier molecular flexibility index (Phi) is 4.53. The van der Waals surface area contributed by atoms with E-state index in [2.05, 4.69) is 0 Å². The zero-order valence-electron chi connectivity index (χ0n) is 51.3. The lowest BCUT2D eigenvalue weighted by atomic mass is 9.41. The summed E-state index contributed by atoms with van der Waals surface area (Å²) in [5.41, 5.74) is -4.71. The number of benzene rings is 18. The van der Waals surface area contributed by atoms with Crippen molar-refractivity contribution in [2.24, 2.45) is 0 Å². The third-order valence-corrected chi connectivity index (χ3v) is 27.2. The highest BCUT2D eigenvalue weighted by Gasteiger charge is 2.77. The van der Waals surface area contributed by atoms with Gasteiger partial charge in [-0.15, -0.1) is 0 Å². The van der Waals surface area contributed by atoms with E-state index in [1.54, 1.807) is 0 Å². The monoisotopic (exact) mass is 1170 g/mol. The van der Waals surface area contributed by atoms with Gasteiger partial charge in [-0.1, -0.05) is 0 Å². The van der Waals surface area contributed by atoms with Gasteiger partial charge in [-0.25, -0.2) is 19.2 Å². The third-order valence-electron chi connectivity index (χ3n) is 27.2. The quantitative estimate of drug-likeness (QED) is 0.0975. The van der Waals surface area contributed by atoms with Crippen LogP contribution in [0.15, 0.2) is 22.3 Å². The van der Waals surface area contributed by atoms with Crippen molar-refractivity contribution >= 4 is 315 Å². The lowest BCUT2D eigenvalue weighted by Crippen LogP contribution is -2.61. The first-order chi connectivity index (χ1) is 44.0. The van der Waals surface area contributed by atoms with E-state index < -0.39 is 57.1 Å². The highest BCUT2D eigenvalue weighted by atomic mass is 16.6. The number of hydrogen-bond donors (Lipinski definition) is 0. The predicted octanol–water partition coefficient (Wildman–Crippen LogP) is 20.3. The first-order valence-electron chi connectivity index (χ1n) is 33.2. The second kappa shape index (κ2) is 9.92. The maximum atomic E-state index is 17.8. The number of esters is 4. The van der Waals surface area contributed by atoms with Crippen LogP contribution in [-0.2, 0) is 49.0 Å². The van der Waals surface area contributed by atoms with Crippen LogP contribution in [0.3, 0.4) is 0 Å². The fourth-order valence-corrected chi connectivity index (χ4v) is 27.0. The standard InChI is InChI=1S/C84H36O8/c1-79(2,3)89-75(85)67-68(76(86)90-80(4,5)6)74(78(88)92-82(10,11)12)84-71-61-53-43-33-25-17-14-13-15-19-21(17)29-35-27(19)37-31-23(15)24-16(13)20-22-18(14)26(25)34-40-30(22)36-28(20)38-32(24)42-41(31)51-45(37)55-49(35)57(47(53)39(29)33)65(71)63(55)69-59(51)60-52(42)46(38)56-50(36)58-48(40)54(44(34)43)62(61)72(84)66(58)64(56)70(60)83(69,84)73(67)77(87)91-81(7,8)9/h1-12H3. The zero-order valence-corrected chi connectivity index (χ0v) is 51.3. The summed E-state index contributed by atoms with van der Waals surface area (Å²) in [6.45, 7) is 22.3. The van der Waals surface area contributed by atoms with Crippen molar-refractivity contribution < 1.29 is 38.1 Å². The molecule has 0 bridgehead atoms. The number of hydrogen-bond acceptors (Lipinski definition) is 8. The Morgan fingerprint density at radius 2 is 0.293 bits per heavy atom. The van der Waals surface area contributed by atoms with E-state index in [4.69, 9.17) is 18.9 Å². The van der Waals surface area contributed by atoms with Crippen molar-refractivity contribution in [1.82, 2.24) is 0 Å². The molecule has 0 aliphatic heterocycles. The second-order valence-electron chi connectivity index (χ2n) is 34.8. The summed E-state index contributed by atoms with van der Waals surface area (Å²) in [7, 11) is 0. The molecule has 0 atom stereocenters. The molecular formula is C84H36O8.